The number of nitriles is 2. The van der Waals surface area contributed by atoms with Crippen LogP contribution in [0.25, 0.3) is 5.57 Å². The van der Waals surface area contributed by atoms with Crippen LogP contribution in [0.3, 0.4) is 0 Å². The molecule has 0 N–H and O–H groups in total. The lowest BCUT2D eigenvalue weighted by atomic mass is 9.94. The summed E-state index contributed by atoms with van der Waals surface area (Å²) in [5, 5.41) is 18.5. The second-order valence-electron chi connectivity index (χ2n) is 5.07. The van der Waals surface area contributed by atoms with Crippen molar-refractivity contribution >= 4 is 5.57 Å². The zero-order chi connectivity index (χ0) is 16.5. The third-order valence-corrected chi connectivity index (χ3v) is 3.45. The lowest BCUT2D eigenvalue weighted by Gasteiger charge is -2.10. The molecule has 0 fully saturated rings. The van der Waals surface area contributed by atoms with Gasteiger partial charge in [0.05, 0.1) is 6.61 Å². The quantitative estimate of drug-likeness (QED) is 0.573. The van der Waals surface area contributed by atoms with Crippen molar-refractivity contribution in [3.8, 4) is 17.9 Å². The predicted molar refractivity (Wildman–Crippen MR) is 90.5 cm³/mol. The van der Waals surface area contributed by atoms with Crippen molar-refractivity contribution in [3.63, 3.8) is 0 Å². The minimum absolute atomic E-state index is 0.107. The summed E-state index contributed by atoms with van der Waals surface area (Å²) in [5.74, 6) is 0.796. The highest BCUT2D eigenvalue weighted by Gasteiger charge is 2.11. The van der Waals surface area contributed by atoms with E-state index in [0.717, 1.165) is 29.7 Å². The SMILES string of the molecule is CCCCOc1ccc(C(=C(C#N)C#N)c2ccccc2)cc1. The van der Waals surface area contributed by atoms with Gasteiger partial charge in [0, 0.05) is 5.57 Å². The van der Waals surface area contributed by atoms with Crippen LogP contribution in [-0.4, -0.2) is 6.61 Å². The molecule has 0 heterocycles. The minimum atomic E-state index is 0.107. The fourth-order valence-corrected chi connectivity index (χ4v) is 2.25. The summed E-state index contributed by atoms with van der Waals surface area (Å²) in [5.41, 5.74) is 2.44. The second-order valence-corrected chi connectivity index (χ2v) is 5.07. The van der Waals surface area contributed by atoms with E-state index >= 15 is 0 Å². The first-order chi connectivity index (χ1) is 11.3. The minimum Gasteiger partial charge on any atom is -0.494 e. The third kappa shape index (κ3) is 4.22. The summed E-state index contributed by atoms with van der Waals surface area (Å²) in [7, 11) is 0. The summed E-state index contributed by atoms with van der Waals surface area (Å²) >= 11 is 0. The van der Waals surface area contributed by atoms with E-state index in [1.165, 1.54) is 0 Å². The smallest absolute Gasteiger partial charge is 0.138 e. The Morgan fingerprint density at radius 1 is 0.913 bits per heavy atom. The Kier molecular flexibility index (Phi) is 5.98. The standard InChI is InChI=1S/C20H18N2O/c1-2-3-13-23-19-11-9-17(10-12-19)20(18(14-21)15-22)16-7-5-4-6-8-16/h4-12H,2-3,13H2,1H3. The topological polar surface area (TPSA) is 56.8 Å². The molecule has 23 heavy (non-hydrogen) atoms. The van der Waals surface area contributed by atoms with Gasteiger partial charge in [0.15, 0.2) is 0 Å². The molecule has 2 rings (SSSR count). The molecule has 3 nitrogen and oxygen atoms in total. The van der Waals surface area contributed by atoms with Crippen molar-refractivity contribution in [2.45, 2.75) is 19.8 Å². The molecule has 0 radical (unpaired) electrons. The summed E-state index contributed by atoms with van der Waals surface area (Å²) in [6, 6.07) is 21.0. The number of benzene rings is 2. The Bertz CT molecular complexity index is 731. The largest absolute Gasteiger partial charge is 0.494 e. The van der Waals surface area contributed by atoms with Gasteiger partial charge in [-0.2, -0.15) is 10.5 Å². The maximum atomic E-state index is 9.26. The van der Waals surface area contributed by atoms with Gasteiger partial charge in [-0.25, -0.2) is 0 Å². The van der Waals surface area contributed by atoms with E-state index in [2.05, 4.69) is 6.92 Å². The molecule has 0 aliphatic carbocycles. The highest BCUT2D eigenvalue weighted by atomic mass is 16.5. The Morgan fingerprint density at radius 2 is 1.52 bits per heavy atom. The van der Waals surface area contributed by atoms with E-state index in [-0.39, 0.29) is 5.57 Å². The van der Waals surface area contributed by atoms with Crippen molar-refractivity contribution in [3.05, 3.63) is 71.3 Å². The number of hydrogen-bond donors (Lipinski definition) is 0. The molecule has 0 saturated heterocycles. The van der Waals surface area contributed by atoms with Crippen LogP contribution in [0.15, 0.2) is 60.2 Å². The molecule has 2 aromatic rings. The Morgan fingerprint density at radius 3 is 2.09 bits per heavy atom. The first-order valence-corrected chi connectivity index (χ1v) is 7.63. The van der Waals surface area contributed by atoms with Crippen molar-refractivity contribution in [2.24, 2.45) is 0 Å². The predicted octanol–water partition coefficient (Wildman–Crippen LogP) is 4.71. The molecule has 0 aliphatic rings. The van der Waals surface area contributed by atoms with Crippen molar-refractivity contribution in [1.82, 2.24) is 0 Å². The van der Waals surface area contributed by atoms with E-state index in [9.17, 15) is 10.5 Å². The van der Waals surface area contributed by atoms with E-state index in [1.54, 1.807) is 0 Å². The summed E-state index contributed by atoms with van der Waals surface area (Å²) in [6.07, 6.45) is 2.11. The van der Waals surface area contributed by atoms with E-state index in [1.807, 2.05) is 66.7 Å². The van der Waals surface area contributed by atoms with Gasteiger partial charge in [-0.05, 0) is 29.7 Å². The monoisotopic (exact) mass is 302 g/mol. The molecule has 0 aromatic heterocycles. The number of nitrogens with zero attached hydrogens (tertiary/aromatic N) is 2. The summed E-state index contributed by atoms with van der Waals surface area (Å²) in [6.45, 7) is 2.81. The van der Waals surface area contributed by atoms with Crippen molar-refractivity contribution in [1.29, 1.82) is 10.5 Å². The number of hydrogen-bond acceptors (Lipinski definition) is 3. The van der Waals surface area contributed by atoms with Gasteiger partial charge >= 0.3 is 0 Å². The molecular weight excluding hydrogens is 284 g/mol. The van der Waals surface area contributed by atoms with Gasteiger partial charge in [0.25, 0.3) is 0 Å². The molecule has 0 spiro atoms. The van der Waals surface area contributed by atoms with Gasteiger partial charge in [0.2, 0.25) is 0 Å². The maximum Gasteiger partial charge on any atom is 0.138 e. The molecule has 0 amide bonds. The number of rotatable bonds is 6. The van der Waals surface area contributed by atoms with Crippen LogP contribution < -0.4 is 4.74 Å². The highest BCUT2D eigenvalue weighted by molar-refractivity contribution is 5.86. The molecule has 3 heteroatoms. The average molecular weight is 302 g/mol. The molecular formula is C20H18N2O. The van der Waals surface area contributed by atoms with Gasteiger partial charge in [-0.15, -0.1) is 0 Å². The van der Waals surface area contributed by atoms with Crippen LogP contribution in [0.4, 0.5) is 0 Å². The number of unbranched alkanes of at least 4 members (excludes halogenated alkanes) is 1. The van der Waals surface area contributed by atoms with Gasteiger partial charge in [0.1, 0.15) is 23.5 Å². The van der Waals surface area contributed by atoms with Crippen LogP contribution in [-0.2, 0) is 0 Å². The Labute approximate surface area is 137 Å². The van der Waals surface area contributed by atoms with Gasteiger partial charge in [-0.1, -0.05) is 55.8 Å². The van der Waals surface area contributed by atoms with E-state index in [0.29, 0.717) is 12.2 Å². The van der Waals surface area contributed by atoms with Gasteiger partial charge < -0.3 is 4.74 Å². The average Bonchev–Trinajstić information content (AvgIpc) is 2.61. The van der Waals surface area contributed by atoms with Crippen molar-refractivity contribution in [2.75, 3.05) is 6.61 Å². The molecule has 0 atom stereocenters. The maximum absolute atomic E-state index is 9.26. The lowest BCUT2D eigenvalue weighted by Crippen LogP contribution is -1.97. The zero-order valence-electron chi connectivity index (χ0n) is 13.1. The molecule has 114 valence electrons. The molecule has 2 aromatic carbocycles. The van der Waals surface area contributed by atoms with Crippen LogP contribution in [0.2, 0.25) is 0 Å². The fraction of sp³-hybridized carbons (Fsp3) is 0.200. The summed E-state index contributed by atoms with van der Waals surface area (Å²) < 4.78 is 5.65. The van der Waals surface area contributed by atoms with Gasteiger partial charge in [-0.3, -0.25) is 0 Å². The van der Waals surface area contributed by atoms with E-state index < -0.39 is 0 Å². The van der Waals surface area contributed by atoms with Crippen LogP contribution >= 0.6 is 0 Å². The third-order valence-electron chi connectivity index (χ3n) is 3.45. The fourth-order valence-electron chi connectivity index (χ4n) is 2.25. The van der Waals surface area contributed by atoms with Crippen LogP contribution in [0.1, 0.15) is 30.9 Å². The molecule has 0 aliphatic heterocycles. The normalized spacial score (nSPS) is 9.52. The van der Waals surface area contributed by atoms with E-state index in [4.69, 9.17) is 4.74 Å². The molecule has 0 unspecified atom stereocenters. The number of allylic oxidation sites excluding steroid dienone is 1. The first-order valence-electron chi connectivity index (χ1n) is 7.63. The number of ether oxygens (including phenoxy) is 1. The van der Waals surface area contributed by atoms with Crippen LogP contribution in [0, 0.1) is 22.7 Å². The molecule has 0 bridgehead atoms. The first kappa shape index (κ1) is 16.3. The zero-order valence-corrected chi connectivity index (χ0v) is 13.1. The van der Waals surface area contributed by atoms with Crippen LogP contribution in [0.5, 0.6) is 5.75 Å². The van der Waals surface area contributed by atoms with Crippen molar-refractivity contribution < 1.29 is 4.74 Å². The second kappa shape index (κ2) is 8.41. The molecule has 0 saturated carbocycles. The lowest BCUT2D eigenvalue weighted by molar-refractivity contribution is 0.309. The Hall–Kier alpha value is -3.04. The highest BCUT2D eigenvalue weighted by Crippen LogP contribution is 2.28. The summed E-state index contributed by atoms with van der Waals surface area (Å²) in [4.78, 5) is 0. The Balaban J connectivity index is 2.37.